The fourth-order valence-corrected chi connectivity index (χ4v) is 4.90. The van der Waals surface area contributed by atoms with E-state index in [9.17, 15) is 9.90 Å². The summed E-state index contributed by atoms with van der Waals surface area (Å²) in [7, 11) is 0. The quantitative estimate of drug-likeness (QED) is 0.197. The van der Waals surface area contributed by atoms with Crippen LogP contribution in [0.3, 0.4) is 0 Å². The van der Waals surface area contributed by atoms with Gasteiger partial charge in [-0.05, 0) is 53.7 Å². The van der Waals surface area contributed by atoms with Crippen molar-refractivity contribution in [3.05, 3.63) is 28.3 Å². The summed E-state index contributed by atoms with van der Waals surface area (Å²) in [5.41, 5.74) is 3.61. The van der Waals surface area contributed by atoms with E-state index in [0.29, 0.717) is 12.2 Å². The summed E-state index contributed by atoms with van der Waals surface area (Å²) in [6.07, 6.45) is 14.0. The van der Waals surface area contributed by atoms with E-state index in [4.69, 9.17) is 4.74 Å². The van der Waals surface area contributed by atoms with Gasteiger partial charge in [0.2, 0.25) is 0 Å². The van der Waals surface area contributed by atoms with Crippen LogP contribution in [-0.4, -0.2) is 22.6 Å². The van der Waals surface area contributed by atoms with Crippen LogP contribution in [0.2, 0.25) is 0 Å². The molecule has 0 aliphatic carbocycles. The summed E-state index contributed by atoms with van der Waals surface area (Å²) in [6.45, 7) is 12.7. The molecule has 1 aromatic carbocycles. The number of aromatic hydroxyl groups is 1. The molecule has 32 heavy (non-hydrogen) atoms. The van der Waals surface area contributed by atoms with Crippen LogP contribution in [0.25, 0.3) is 0 Å². The number of hydrogen-bond acceptors (Lipinski definition) is 4. The van der Waals surface area contributed by atoms with Crippen molar-refractivity contribution in [2.24, 2.45) is 0 Å². The summed E-state index contributed by atoms with van der Waals surface area (Å²) in [6, 6.07) is 2.02. The highest BCUT2D eigenvalue weighted by molar-refractivity contribution is 7.99. The van der Waals surface area contributed by atoms with Crippen molar-refractivity contribution in [3.63, 3.8) is 0 Å². The summed E-state index contributed by atoms with van der Waals surface area (Å²) in [4.78, 5) is 12.2. The molecule has 0 amide bonds. The Morgan fingerprint density at radius 2 is 1.50 bits per heavy atom. The van der Waals surface area contributed by atoms with E-state index in [1.165, 1.54) is 64.2 Å². The van der Waals surface area contributed by atoms with E-state index < -0.39 is 0 Å². The normalized spacial score (nSPS) is 11.7. The molecule has 0 aliphatic heterocycles. The summed E-state index contributed by atoms with van der Waals surface area (Å²) in [5.74, 6) is 2.12. The van der Waals surface area contributed by atoms with Crippen LogP contribution >= 0.6 is 11.8 Å². The van der Waals surface area contributed by atoms with E-state index >= 15 is 0 Å². The van der Waals surface area contributed by atoms with Gasteiger partial charge in [0, 0.05) is 5.75 Å². The molecule has 0 atom stereocenters. The highest BCUT2D eigenvalue weighted by atomic mass is 32.2. The minimum atomic E-state index is -0.154. The lowest BCUT2D eigenvalue weighted by molar-refractivity contribution is -0.144. The molecular formula is C28H48O3S. The molecule has 0 saturated heterocycles. The van der Waals surface area contributed by atoms with Crippen molar-refractivity contribution in [1.82, 2.24) is 0 Å². The van der Waals surface area contributed by atoms with Gasteiger partial charge in [-0.2, -0.15) is 11.8 Å². The number of phenolic OH excluding ortho intramolecular Hbond substituents is 1. The number of benzene rings is 1. The molecule has 0 spiro atoms. The fraction of sp³-hybridized carbons (Fsp3) is 0.750. The molecule has 0 fully saturated rings. The van der Waals surface area contributed by atoms with Crippen molar-refractivity contribution >= 4 is 17.7 Å². The Bertz CT molecular complexity index is 676. The second kappa shape index (κ2) is 15.6. The second-order valence-electron chi connectivity index (χ2n) is 10.1. The Labute approximate surface area is 202 Å². The fourth-order valence-electron chi connectivity index (χ4n) is 3.98. The van der Waals surface area contributed by atoms with Crippen molar-refractivity contribution < 1.29 is 14.6 Å². The van der Waals surface area contributed by atoms with Crippen molar-refractivity contribution in [3.8, 4) is 5.75 Å². The zero-order chi connectivity index (χ0) is 24.0. The molecule has 1 aromatic rings. The number of ether oxygens (including phenoxy) is 1. The maximum atomic E-state index is 12.2. The topological polar surface area (TPSA) is 46.5 Å². The maximum absolute atomic E-state index is 12.2. The van der Waals surface area contributed by atoms with Gasteiger partial charge in [0.05, 0.1) is 6.42 Å². The van der Waals surface area contributed by atoms with Gasteiger partial charge in [0.25, 0.3) is 0 Å². The third kappa shape index (κ3) is 11.1. The van der Waals surface area contributed by atoms with Gasteiger partial charge < -0.3 is 9.84 Å². The van der Waals surface area contributed by atoms with Crippen LogP contribution < -0.4 is 0 Å². The Balaban J connectivity index is 2.17. The Morgan fingerprint density at radius 3 is 2.06 bits per heavy atom. The predicted octanol–water partition coefficient (Wildman–Crippen LogP) is 8.39. The number of esters is 1. The number of hydrogen-bond donors (Lipinski definition) is 1. The first-order chi connectivity index (χ1) is 15.2. The zero-order valence-electron chi connectivity index (χ0n) is 21.6. The highest BCUT2D eigenvalue weighted by Gasteiger charge is 2.22. The number of carbonyl (C=O) groups is 1. The number of phenols is 1. The summed E-state index contributed by atoms with van der Waals surface area (Å²) >= 11 is 1.85. The SMILES string of the molecule is CCCCCCCCCCCCSCCC(=O)OCc1c(C)cc(C(C)(C)C)c(O)c1C. The molecule has 0 saturated carbocycles. The van der Waals surface area contributed by atoms with E-state index in [-0.39, 0.29) is 18.0 Å². The van der Waals surface area contributed by atoms with Crippen LogP contribution in [0.15, 0.2) is 6.07 Å². The molecule has 0 aliphatic rings. The smallest absolute Gasteiger partial charge is 0.306 e. The standard InChI is InChI=1S/C28H48O3S/c1-7-8-9-10-11-12-13-14-15-16-18-32-19-17-26(29)31-21-24-22(2)20-25(28(4,5)6)27(30)23(24)3/h20,30H,7-19,21H2,1-6H3. The number of aryl methyl sites for hydroxylation is 1. The second-order valence-corrected chi connectivity index (χ2v) is 11.4. The van der Waals surface area contributed by atoms with Gasteiger partial charge in [-0.25, -0.2) is 0 Å². The van der Waals surface area contributed by atoms with E-state index in [1.54, 1.807) is 0 Å². The summed E-state index contributed by atoms with van der Waals surface area (Å²) in [5, 5.41) is 10.6. The minimum Gasteiger partial charge on any atom is -0.507 e. The largest absolute Gasteiger partial charge is 0.507 e. The molecule has 0 aromatic heterocycles. The van der Waals surface area contributed by atoms with Crippen LogP contribution in [0.5, 0.6) is 5.75 Å². The lowest BCUT2D eigenvalue weighted by Gasteiger charge is -2.24. The van der Waals surface area contributed by atoms with E-state index in [1.807, 2.05) is 31.7 Å². The first-order valence-corrected chi connectivity index (χ1v) is 13.9. The van der Waals surface area contributed by atoms with Gasteiger partial charge in [-0.1, -0.05) is 91.5 Å². The highest BCUT2D eigenvalue weighted by Crippen LogP contribution is 2.36. The number of unbranched alkanes of at least 4 members (excludes halogenated alkanes) is 9. The number of thioether (sulfide) groups is 1. The van der Waals surface area contributed by atoms with Gasteiger partial charge in [-0.3, -0.25) is 4.79 Å². The lowest BCUT2D eigenvalue weighted by Crippen LogP contribution is -2.14. The molecule has 3 nitrogen and oxygen atoms in total. The average Bonchev–Trinajstić information content (AvgIpc) is 2.73. The lowest BCUT2D eigenvalue weighted by atomic mass is 9.83. The van der Waals surface area contributed by atoms with Gasteiger partial charge in [0.15, 0.2) is 0 Å². The minimum absolute atomic E-state index is 0.125. The molecule has 0 bridgehead atoms. The van der Waals surface area contributed by atoms with Crippen molar-refractivity contribution in [1.29, 1.82) is 0 Å². The molecule has 4 heteroatoms. The number of carbonyl (C=O) groups excluding carboxylic acids is 1. The zero-order valence-corrected chi connectivity index (χ0v) is 22.5. The monoisotopic (exact) mass is 464 g/mol. The van der Waals surface area contributed by atoms with Gasteiger partial charge in [0.1, 0.15) is 12.4 Å². The van der Waals surface area contributed by atoms with Crippen LogP contribution in [0.1, 0.15) is 121 Å². The Kier molecular flexibility index (Phi) is 14.1. The van der Waals surface area contributed by atoms with E-state index in [0.717, 1.165) is 33.8 Å². The van der Waals surface area contributed by atoms with Crippen LogP contribution in [0.4, 0.5) is 0 Å². The average molecular weight is 465 g/mol. The number of rotatable bonds is 16. The van der Waals surface area contributed by atoms with Crippen LogP contribution in [0, 0.1) is 13.8 Å². The van der Waals surface area contributed by atoms with Gasteiger partial charge >= 0.3 is 5.97 Å². The molecule has 0 heterocycles. The Hall–Kier alpha value is -1.16. The van der Waals surface area contributed by atoms with Crippen molar-refractivity contribution in [2.75, 3.05) is 11.5 Å². The molecule has 0 unspecified atom stereocenters. The first-order valence-electron chi connectivity index (χ1n) is 12.7. The molecule has 1 rings (SSSR count). The molecule has 184 valence electrons. The maximum Gasteiger partial charge on any atom is 0.306 e. The third-order valence-electron chi connectivity index (χ3n) is 6.18. The molecular weight excluding hydrogens is 416 g/mol. The van der Waals surface area contributed by atoms with Gasteiger partial charge in [-0.15, -0.1) is 0 Å². The van der Waals surface area contributed by atoms with Crippen LogP contribution in [-0.2, 0) is 21.6 Å². The molecule has 1 N–H and O–H groups in total. The van der Waals surface area contributed by atoms with Crippen molar-refractivity contribution in [2.45, 2.75) is 124 Å². The Morgan fingerprint density at radius 1 is 0.938 bits per heavy atom. The van der Waals surface area contributed by atoms with E-state index in [2.05, 4.69) is 27.7 Å². The predicted molar refractivity (Wildman–Crippen MR) is 140 cm³/mol. The molecule has 0 radical (unpaired) electrons. The summed E-state index contributed by atoms with van der Waals surface area (Å²) < 4.78 is 5.51. The third-order valence-corrected chi connectivity index (χ3v) is 7.25. The first kappa shape index (κ1) is 28.9.